The Labute approximate surface area is 162 Å². The summed E-state index contributed by atoms with van der Waals surface area (Å²) in [6.07, 6.45) is 1.98. The van der Waals surface area contributed by atoms with E-state index in [0.29, 0.717) is 5.75 Å². The summed E-state index contributed by atoms with van der Waals surface area (Å²) in [5.74, 6) is 1.42. The quantitative estimate of drug-likeness (QED) is 0.814. The molecule has 1 fully saturated rings. The third-order valence-electron chi connectivity index (χ3n) is 5.33. The molecule has 1 N–H and O–H groups in total. The molecule has 144 valence electrons. The first-order valence-electron chi connectivity index (χ1n) is 9.90. The Kier molecular flexibility index (Phi) is 6.38. The van der Waals surface area contributed by atoms with Crippen molar-refractivity contribution in [2.75, 3.05) is 18.0 Å². The van der Waals surface area contributed by atoms with E-state index in [4.69, 9.17) is 4.74 Å². The van der Waals surface area contributed by atoms with Gasteiger partial charge >= 0.3 is 0 Å². The number of rotatable bonds is 6. The van der Waals surface area contributed by atoms with Crippen LogP contribution in [0.5, 0.6) is 5.75 Å². The fourth-order valence-electron chi connectivity index (χ4n) is 3.41. The predicted octanol–water partition coefficient (Wildman–Crippen LogP) is 4.57. The van der Waals surface area contributed by atoms with Crippen molar-refractivity contribution in [3.05, 3.63) is 60.2 Å². The molecule has 4 nitrogen and oxygen atoms in total. The van der Waals surface area contributed by atoms with Gasteiger partial charge < -0.3 is 15.0 Å². The molecule has 2 atom stereocenters. The van der Waals surface area contributed by atoms with Crippen molar-refractivity contribution >= 4 is 11.6 Å². The van der Waals surface area contributed by atoms with Crippen molar-refractivity contribution < 1.29 is 9.53 Å². The minimum Gasteiger partial charge on any atom is -0.481 e. The lowest BCUT2D eigenvalue weighted by Crippen LogP contribution is -2.37. The first-order valence-corrected chi connectivity index (χ1v) is 9.90. The minimum atomic E-state index is -0.538. The number of para-hydroxylation sites is 1. The van der Waals surface area contributed by atoms with E-state index in [0.717, 1.165) is 24.6 Å². The van der Waals surface area contributed by atoms with Gasteiger partial charge in [-0.25, -0.2) is 0 Å². The maximum Gasteiger partial charge on any atom is 0.261 e. The number of carbonyl (C=O) groups excluding carboxylic acids is 1. The van der Waals surface area contributed by atoms with Crippen molar-refractivity contribution in [3.63, 3.8) is 0 Å². The van der Waals surface area contributed by atoms with Crippen molar-refractivity contribution in [1.29, 1.82) is 0 Å². The van der Waals surface area contributed by atoms with Crippen molar-refractivity contribution in [2.24, 2.45) is 5.92 Å². The fourth-order valence-corrected chi connectivity index (χ4v) is 3.41. The number of ether oxygens (including phenoxy) is 1. The van der Waals surface area contributed by atoms with Crippen molar-refractivity contribution in [3.8, 4) is 5.75 Å². The van der Waals surface area contributed by atoms with Crippen LogP contribution in [0.25, 0.3) is 0 Å². The zero-order valence-electron chi connectivity index (χ0n) is 16.5. The highest BCUT2D eigenvalue weighted by Gasteiger charge is 2.19. The van der Waals surface area contributed by atoms with Crippen LogP contribution < -0.4 is 15.0 Å². The molecule has 0 spiro atoms. The number of hydrogen-bond donors (Lipinski definition) is 1. The smallest absolute Gasteiger partial charge is 0.261 e. The van der Waals surface area contributed by atoms with Crippen LogP contribution in [0.4, 0.5) is 5.69 Å². The number of carbonyl (C=O) groups is 1. The lowest BCUT2D eigenvalue weighted by molar-refractivity contribution is -0.127. The molecule has 1 aliphatic heterocycles. The highest BCUT2D eigenvalue weighted by Crippen LogP contribution is 2.24. The molecule has 0 saturated carbocycles. The Morgan fingerprint density at radius 1 is 1.04 bits per heavy atom. The highest BCUT2D eigenvalue weighted by molar-refractivity contribution is 5.81. The summed E-state index contributed by atoms with van der Waals surface area (Å²) in [4.78, 5) is 14.9. The maximum absolute atomic E-state index is 12.4. The SMILES string of the molecule is CC1CCN(c2ccc([C@H](C)NC(=O)[C@H](C)Oc3ccccc3)cc2)CC1. The number of nitrogens with zero attached hydrogens (tertiary/aromatic N) is 1. The monoisotopic (exact) mass is 366 g/mol. The van der Waals surface area contributed by atoms with Crippen LogP contribution in [-0.2, 0) is 4.79 Å². The van der Waals surface area contributed by atoms with E-state index in [2.05, 4.69) is 41.4 Å². The van der Waals surface area contributed by atoms with E-state index in [1.807, 2.05) is 37.3 Å². The largest absolute Gasteiger partial charge is 0.481 e. The summed E-state index contributed by atoms with van der Waals surface area (Å²) in [5.41, 5.74) is 2.37. The van der Waals surface area contributed by atoms with Gasteiger partial charge in [-0.2, -0.15) is 0 Å². The second kappa shape index (κ2) is 8.94. The summed E-state index contributed by atoms with van der Waals surface area (Å²) < 4.78 is 5.70. The number of nitrogens with one attached hydrogen (secondary N) is 1. The molecule has 1 amide bonds. The predicted molar refractivity (Wildman–Crippen MR) is 110 cm³/mol. The third-order valence-corrected chi connectivity index (χ3v) is 5.33. The topological polar surface area (TPSA) is 41.6 Å². The van der Waals surface area contributed by atoms with Gasteiger partial charge in [0.15, 0.2) is 6.10 Å². The van der Waals surface area contributed by atoms with Gasteiger partial charge in [-0.3, -0.25) is 4.79 Å². The molecule has 0 aliphatic carbocycles. The van der Waals surface area contributed by atoms with Crippen LogP contribution in [0.15, 0.2) is 54.6 Å². The number of piperidine rings is 1. The van der Waals surface area contributed by atoms with Gasteiger partial charge in [0, 0.05) is 18.8 Å². The Bertz CT molecular complexity index is 722. The summed E-state index contributed by atoms with van der Waals surface area (Å²) in [7, 11) is 0. The molecule has 4 heteroatoms. The van der Waals surface area contributed by atoms with Gasteiger partial charge in [0.05, 0.1) is 6.04 Å². The lowest BCUT2D eigenvalue weighted by Gasteiger charge is -2.32. The first-order chi connectivity index (χ1) is 13.0. The minimum absolute atomic E-state index is 0.0604. The van der Waals surface area contributed by atoms with E-state index in [9.17, 15) is 4.79 Å². The van der Waals surface area contributed by atoms with Crippen molar-refractivity contribution in [2.45, 2.75) is 45.8 Å². The highest BCUT2D eigenvalue weighted by atomic mass is 16.5. The van der Waals surface area contributed by atoms with E-state index >= 15 is 0 Å². The van der Waals surface area contributed by atoms with Crippen LogP contribution >= 0.6 is 0 Å². The number of hydrogen-bond acceptors (Lipinski definition) is 3. The number of amides is 1. The summed E-state index contributed by atoms with van der Waals surface area (Å²) in [6.45, 7) is 8.36. The molecular formula is C23H30N2O2. The standard InChI is InChI=1S/C23H30N2O2/c1-17-13-15-25(16-14-17)21-11-9-20(10-12-21)18(2)24-23(26)19(3)27-22-7-5-4-6-8-22/h4-12,17-19H,13-16H2,1-3H3,(H,24,26)/t18-,19-/m0/s1. The number of anilines is 1. The molecule has 1 heterocycles. The Hall–Kier alpha value is -2.49. The lowest BCUT2D eigenvalue weighted by atomic mass is 9.98. The second-order valence-corrected chi connectivity index (χ2v) is 7.56. The maximum atomic E-state index is 12.4. The van der Waals surface area contributed by atoms with Gasteiger partial charge in [0.25, 0.3) is 5.91 Å². The van der Waals surface area contributed by atoms with Crippen LogP contribution in [0.1, 0.15) is 45.2 Å². The molecule has 0 radical (unpaired) electrons. The molecule has 3 rings (SSSR count). The first kappa shape index (κ1) is 19.3. The molecule has 1 aliphatic rings. The summed E-state index contributed by atoms with van der Waals surface area (Å²) in [6, 6.07) is 17.9. The normalized spacial score (nSPS) is 17.2. The average Bonchev–Trinajstić information content (AvgIpc) is 2.69. The molecule has 0 unspecified atom stereocenters. The van der Waals surface area contributed by atoms with E-state index in [1.54, 1.807) is 6.92 Å². The van der Waals surface area contributed by atoms with Gasteiger partial charge in [0.2, 0.25) is 0 Å². The van der Waals surface area contributed by atoms with Crippen LogP contribution in [0, 0.1) is 5.92 Å². The Morgan fingerprint density at radius 3 is 2.30 bits per heavy atom. The third kappa shape index (κ3) is 5.25. The second-order valence-electron chi connectivity index (χ2n) is 7.56. The van der Waals surface area contributed by atoms with E-state index in [1.165, 1.54) is 18.5 Å². The van der Waals surface area contributed by atoms with Gasteiger partial charge in [-0.05, 0) is 62.4 Å². The van der Waals surface area contributed by atoms with E-state index < -0.39 is 6.10 Å². The Morgan fingerprint density at radius 2 is 1.67 bits per heavy atom. The zero-order valence-corrected chi connectivity index (χ0v) is 16.5. The summed E-state index contributed by atoms with van der Waals surface area (Å²) in [5, 5.41) is 3.04. The number of benzene rings is 2. The molecule has 0 aromatic heterocycles. The Balaban J connectivity index is 1.54. The molecule has 1 saturated heterocycles. The summed E-state index contributed by atoms with van der Waals surface area (Å²) >= 11 is 0. The molecule has 0 bridgehead atoms. The molecular weight excluding hydrogens is 336 g/mol. The van der Waals surface area contributed by atoms with Crippen molar-refractivity contribution in [1.82, 2.24) is 5.32 Å². The van der Waals surface area contributed by atoms with E-state index in [-0.39, 0.29) is 11.9 Å². The average molecular weight is 367 g/mol. The molecule has 2 aromatic rings. The zero-order chi connectivity index (χ0) is 19.2. The van der Waals surface area contributed by atoms with Gasteiger partial charge in [0.1, 0.15) is 5.75 Å². The molecule has 2 aromatic carbocycles. The van der Waals surface area contributed by atoms with Crippen LogP contribution in [-0.4, -0.2) is 25.1 Å². The molecule has 27 heavy (non-hydrogen) atoms. The van der Waals surface area contributed by atoms with Crippen LogP contribution in [0.3, 0.4) is 0 Å². The van der Waals surface area contributed by atoms with Crippen LogP contribution in [0.2, 0.25) is 0 Å². The van der Waals surface area contributed by atoms with Gasteiger partial charge in [-0.1, -0.05) is 37.3 Å². The fraction of sp³-hybridized carbons (Fsp3) is 0.435. The van der Waals surface area contributed by atoms with Gasteiger partial charge in [-0.15, -0.1) is 0 Å².